The lowest BCUT2D eigenvalue weighted by Crippen LogP contribution is -2.04. The molecular formula is C25H25NOS. The van der Waals surface area contributed by atoms with Crippen LogP contribution in [0.4, 0.5) is 5.69 Å². The first kappa shape index (κ1) is 20.0. The van der Waals surface area contributed by atoms with E-state index in [9.17, 15) is 0 Å². The van der Waals surface area contributed by atoms with Gasteiger partial charge in [0.15, 0.2) is 0 Å². The highest BCUT2D eigenvalue weighted by Crippen LogP contribution is 2.20. The number of ether oxygens (including phenoxy) is 1. The van der Waals surface area contributed by atoms with E-state index in [0.717, 1.165) is 22.8 Å². The number of hydrogen-bond donors (Lipinski definition) is 0. The van der Waals surface area contributed by atoms with Crippen molar-refractivity contribution in [1.82, 2.24) is 0 Å². The Labute approximate surface area is 172 Å². The minimum Gasteiger partial charge on any atom is -0.439 e. The van der Waals surface area contributed by atoms with Crippen molar-refractivity contribution < 1.29 is 4.74 Å². The van der Waals surface area contributed by atoms with Crippen molar-refractivity contribution in [1.29, 1.82) is 0 Å². The molecule has 0 unspecified atom stereocenters. The quantitative estimate of drug-likeness (QED) is 0.330. The molecule has 28 heavy (non-hydrogen) atoms. The fraction of sp³-hybridized carbons (Fsp3) is 0.160. The van der Waals surface area contributed by atoms with Crippen LogP contribution in [0.1, 0.15) is 22.3 Å². The van der Waals surface area contributed by atoms with Gasteiger partial charge in [0.05, 0.1) is 5.69 Å². The first-order valence-electron chi connectivity index (χ1n) is 9.33. The van der Waals surface area contributed by atoms with Gasteiger partial charge in [-0.05, 0) is 72.7 Å². The molecule has 0 saturated heterocycles. The number of thioether (sulfide) groups is 1. The van der Waals surface area contributed by atoms with Crippen LogP contribution < -0.4 is 4.74 Å². The molecule has 0 bridgehead atoms. The normalized spacial score (nSPS) is 11.8. The van der Waals surface area contributed by atoms with Crippen LogP contribution in [0.5, 0.6) is 5.75 Å². The maximum absolute atomic E-state index is 6.07. The molecule has 0 heterocycles. The summed E-state index contributed by atoms with van der Waals surface area (Å²) in [5, 5.41) is 2.04. The number of rotatable bonds is 6. The number of nitrogens with zero attached hydrogens (tertiary/aromatic N) is 1. The Hall–Kier alpha value is -2.78. The van der Waals surface area contributed by atoms with Crippen molar-refractivity contribution >= 4 is 23.3 Å². The lowest BCUT2D eigenvalue weighted by molar-refractivity contribution is 0.555. The van der Waals surface area contributed by atoms with E-state index in [1.54, 1.807) is 11.8 Å². The van der Waals surface area contributed by atoms with Gasteiger partial charge in [0.1, 0.15) is 5.75 Å². The molecule has 0 aliphatic heterocycles. The van der Waals surface area contributed by atoms with Crippen LogP contribution in [-0.2, 0) is 5.75 Å². The van der Waals surface area contributed by atoms with Crippen molar-refractivity contribution in [3.05, 3.63) is 107 Å². The van der Waals surface area contributed by atoms with Gasteiger partial charge in [-0.2, -0.15) is 0 Å². The molecule has 0 aromatic heterocycles. The molecule has 0 atom stereocenters. The Morgan fingerprint density at radius 3 is 2.46 bits per heavy atom. The van der Waals surface area contributed by atoms with Gasteiger partial charge in [-0.25, -0.2) is 4.99 Å². The first-order valence-corrected chi connectivity index (χ1v) is 10.4. The third kappa shape index (κ3) is 6.14. The lowest BCUT2D eigenvalue weighted by atomic mass is 10.1. The second kappa shape index (κ2) is 9.95. The van der Waals surface area contributed by atoms with E-state index in [1.165, 1.54) is 16.7 Å². The van der Waals surface area contributed by atoms with Gasteiger partial charge >= 0.3 is 0 Å². The molecule has 0 amide bonds. The zero-order valence-corrected chi connectivity index (χ0v) is 17.4. The maximum atomic E-state index is 6.07. The predicted octanol–water partition coefficient (Wildman–Crippen LogP) is 7.17. The van der Waals surface area contributed by atoms with E-state index in [1.807, 2.05) is 41.8 Å². The summed E-state index contributed by atoms with van der Waals surface area (Å²) in [6.45, 7) is 6.26. The van der Waals surface area contributed by atoms with Crippen LogP contribution in [0.2, 0.25) is 0 Å². The third-order valence-corrected chi connectivity index (χ3v) is 5.17. The molecule has 3 aromatic rings. The van der Waals surface area contributed by atoms with Crippen molar-refractivity contribution in [2.75, 3.05) is 0 Å². The Bertz CT molecular complexity index is 977. The number of benzene rings is 3. The van der Waals surface area contributed by atoms with E-state index in [4.69, 9.17) is 9.73 Å². The summed E-state index contributed by atoms with van der Waals surface area (Å²) in [6, 6.07) is 24.6. The molecule has 3 heteroatoms. The fourth-order valence-corrected chi connectivity index (χ4v) is 3.33. The summed E-state index contributed by atoms with van der Waals surface area (Å²) < 4.78 is 6.07. The Kier molecular flexibility index (Phi) is 7.10. The second-order valence-corrected chi connectivity index (χ2v) is 7.63. The van der Waals surface area contributed by atoms with Crippen LogP contribution in [0.25, 0.3) is 0 Å². The van der Waals surface area contributed by atoms with Crippen LogP contribution in [0.15, 0.2) is 89.3 Å². The molecule has 3 aromatic carbocycles. The van der Waals surface area contributed by atoms with Crippen LogP contribution in [-0.4, -0.2) is 5.90 Å². The zero-order chi connectivity index (χ0) is 19.8. The summed E-state index contributed by atoms with van der Waals surface area (Å²) in [5.74, 6) is 2.29. The highest BCUT2D eigenvalue weighted by molar-refractivity contribution is 8.01. The highest BCUT2D eigenvalue weighted by atomic mass is 32.2. The number of aliphatic imine (C=N–C) groups is 1. The van der Waals surface area contributed by atoms with Crippen LogP contribution in [0, 0.1) is 20.8 Å². The van der Waals surface area contributed by atoms with E-state index in [2.05, 4.69) is 63.2 Å². The molecule has 3 rings (SSSR count). The topological polar surface area (TPSA) is 21.6 Å². The van der Waals surface area contributed by atoms with E-state index < -0.39 is 0 Å². The SMILES string of the molecule is Cc1cccc(OC(C=CSCc2ccccc2)=Nc2ccc(C)c(C)c2)c1. The number of hydrogen-bond acceptors (Lipinski definition) is 3. The highest BCUT2D eigenvalue weighted by Gasteiger charge is 2.02. The average Bonchev–Trinajstić information content (AvgIpc) is 2.69. The molecule has 0 aliphatic carbocycles. The summed E-state index contributed by atoms with van der Waals surface area (Å²) in [7, 11) is 0. The second-order valence-electron chi connectivity index (χ2n) is 6.74. The Morgan fingerprint density at radius 2 is 1.71 bits per heavy atom. The summed E-state index contributed by atoms with van der Waals surface area (Å²) in [5.41, 5.74) is 5.82. The predicted molar refractivity (Wildman–Crippen MR) is 122 cm³/mol. The van der Waals surface area contributed by atoms with Gasteiger partial charge < -0.3 is 4.74 Å². The summed E-state index contributed by atoms with van der Waals surface area (Å²) in [6.07, 6.45) is 1.94. The van der Waals surface area contributed by atoms with Gasteiger partial charge in [0.25, 0.3) is 0 Å². The van der Waals surface area contributed by atoms with Crippen molar-refractivity contribution in [3.63, 3.8) is 0 Å². The smallest absolute Gasteiger partial charge is 0.220 e. The monoisotopic (exact) mass is 387 g/mol. The van der Waals surface area contributed by atoms with Gasteiger partial charge in [-0.3, -0.25) is 0 Å². The maximum Gasteiger partial charge on any atom is 0.220 e. The Morgan fingerprint density at radius 1 is 0.893 bits per heavy atom. The van der Waals surface area contributed by atoms with Gasteiger partial charge in [0, 0.05) is 11.8 Å². The third-order valence-electron chi connectivity index (χ3n) is 4.34. The standard InChI is InChI=1S/C25H25NOS/c1-19-8-7-11-24(16-19)27-25(26-23-13-12-20(2)21(3)17-23)14-15-28-18-22-9-5-4-6-10-22/h4-17H,18H2,1-3H3. The minimum absolute atomic E-state index is 0.578. The van der Waals surface area contributed by atoms with E-state index >= 15 is 0 Å². The summed E-state index contributed by atoms with van der Waals surface area (Å²) in [4.78, 5) is 4.72. The molecule has 0 N–H and O–H groups in total. The zero-order valence-electron chi connectivity index (χ0n) is 16.6. The molecule has 2 nitrogen and oxygen atoms in total. The van der Waals surface area contributed by atoms with Crippen molar-refractivity contribution in [3.8, 4) is 5.75 Å². The van der Waals surface area contributed by atoms with Crippen molar-refractivity contribution in [2.45, 2.75) is 26.5 Å². The molecule has 0 aliphatic rings. The van der Waals surface area contributed by atoms with Gasteiger partial charge in [0.2, 0.25) is 5.90 Å². The Balaban J connectivity index is 1.77. The van der Waals surface area contributed by atoms with E-state index in [0.29, 0.717) is 5.90 Å². The molecule has 0 spiro atoms. The average molecular weight is 388 g/mol. The van der Waals surface area contributed by atoms with Gasteiger partial charge in [-0.1, -0.05) is 48.5 Å². The molecule has 0 fully saturated rings. The largest absolute Gasteiger partial charge is 0.439 e. The van der Waals surface area contributed by atoms with E-state index in [-0.39, 0.29) is 0 Å². The fourth-order valence-electron chi connectivity index (χ4n) is 2.64. The van der Waals surface area contributed by atoms with Gasteiger partial charge in [-0.15, -0.1) is 11.8 Å². The molecule has 142 valence electrons. The van der Waals surface area contributed by atoms with Crippen molar-refractivity contribution in [2.24, 2.45) is 4.99 Å². The minimum atomic E-state index is 0.578. The summed E-state index contributed by atoms with van der Waals surface area (Å²) >= 11 is 1.72. The number of aryl methyl sites for hydroxylation is 3. The lowest BCUT2D eigenvalue weighted by Gasteiger charge is -2.07. The molecule has 0 saturated carbocycles. The van der Waals surface area contributed by atoms with Crippen LogP contribution >= 0.6 is 11.8 Å². The molecular weight excluding hydrogens is 362 g/mol. The van der Waals surface area contributed by atoms with Crippen LogP contribution in [0.3, 0.4) is 0 Å². The molecule has 0 radical (unpaired) electrons. The first-order chi connectivity index (χ1) is 13.6.